The Balaban J connectivity index is 2.26. The zero-order valence-corrected chi connectivity index (χ0v) is 9.59. The van der Waals surface area contributed by atoms with E-state index < -0.39 is 0 Å². The number of benzene rings is 2. The molecule has 0 aliphatic rings. The molecule has 0 unspecified atom stereocenters. The standard InChI is InChI=1S/C13H14OS/c1-14-9-10-15-13-8-4-6-11-5-2-3-7-12(11)13/h2-8H,9-10H2,1H3. The van der Waals surface area contributed by atoms with Crippen LogP contribution in [0, 0.1) is 0 Å². The van der Waals surface area contributed by atoms with E-state index in [2.05, 4.69) is 42.5 Å². The van der Waals surface area contributed by atoms with Crippen LogP contribution < -0.4 is 0 Å². The summed E-state index contributed by atoms with van der Waals surface area (Å²) in [5, 5.41) is 2.64. The summed E-state index contributed by atoms with van der Waals surface area (Å²) in [4.78, 5) is 1.34. The summed E-state index contributed by atoms with van der Waals surface area (Å²) >= 11 is 1.85. The first kappa shape index (κ1) is 10.5. The molecule has 0 fully saturated rings. The first-order valence-corrected chi connectivity index (χ1v) is 6.00. The second-order valence-electron chi connectivity index (χ2n) is 3.32. The maximum atomic E-state index is 5.05. The Kier molecular flexibility index (Phi) is 3.64. The van der Waals surface area contributed by atoms with Gasteiger partial charge in [0, 0.05) is 17.8 Å². The molecule has 0 saturated carbocycles. The normalized spacial score (nSPS) is 10.7. The summed E-state index contributed by atoms with van der Waals surface area (Å²) in [5.41, 5.74) is 0. The van der Waals surface area contributed by atoms with Crippen molar-refractivity contribution in [3.63, 3.8) is 0 Å². The first-order chi connectivity index (χ1) is 7.42. The number of thioether (sulfide) groups is 1. The third kappa shape index (κ3) is 2.52. The van der Waals surface area contributed by atoms with Crippen molar-refractivity contribution in [2.75, 3.05) is 19.5 Å². The van der Waals surface area contributed by atoms with Crippen molar-refractivity contribution in [2.24, 2.45) is 0 Å². The van der Waals surface area contributed by atoms with Crippen LogP contribution in [0.3, 0.4) is 0 Å². The highest BCUT2D eigenvalue weighted by molar-refractivity contribution is 7.99. The van der Waals surface area contributed by atoms with Gasteiger partial charge in [-0.25, -0.2) is 0 Å². The molecule has 0 saturated heterocycles. The van der Waals surface area contributed by atoms with Gasteiger partial charge in [0.1, 0.15) is 0 Å². The molecular formula is C13H14OS. The van der Waals surface area contributed by atoms with Gasteiger partial charge in [-0.05, 0) is 16.8 Å². The lowest BCUT2D eigenvalue weighted by atomic mass is 10.1. The fourth-order valence-electron chi connectivity index (χ4n) is 1.56. The van der Waals surface area contributed by atoms with Gasteiger partial charge in [0.25, 0.3) is 0 Å². The van der Waals surface area contributed by atoms with Crippen LogP contribution >= 0.6 is 11.8 Å². The molecule has 0 amide bonds. The van der Waals surface area contributed by atoms with Gasteiger partial charge in [0.05, 0.1) is 6.61 Å². The van der Waals surface area contributed by atoms with E-state index in [0.29, 0.717) is 0 Å². The number of fused-ring (bicyclic) bond motifs is 1. The summed E-state index contributed by atoms with van der Waals surface area (Å²) in [6.45, 7) is 0.799. The smallest absolute Gasteiger partial charge is 0.0556 e. The molecule has 0 atom stereocenters. The number of hydrogen-bond donors (Lipinski definition) is 0. The number of methoxy groups -OCH3 is 1. The van der Waals surface area contributed by atoms with Crippen molar-refractivity contribution in [3.05, 3.63) is 42.5 Å². The summed E-state index contributed by atoms with van der Waals surface area (Å²) < 4.78 is 5.05. The van der Waals surface area contributed by atoms with Crippen molar-refractivity contribution < 1.29 is 4.74 Å². The second kappa shape index (κ2) is 5.19. The average Bonchev–Trinajstić information content (AvgIpc) is 2.30. The van der Waals surface area contributed by atoms with E-state index in [4.69, 9.17) is 4.74 Å². The Hall–Kier alpha value is -0.990. The number of rotatable bonds is 4. The Morgan fingerprint density at radius 2 is 1.87 bits per heavy atom. The maximum Gasteiger partial charge on any atom is 0.0556 e. The third-order valence-electron chi connectivity index (χ3n) is 2.29. The SMILES string of the molecule is COCCSc1cccc2ccccc12. The largest absolute Gasteiger partial charge is 0.384 e. The van der Waals surface area contributed by atoms with E-state index in [-0.39, 0.29) is 0 Å². The Morgan fingerprint density at radius 1 is 1.07 bits per heavy atom. The van der Waals surface area contributed by atoms with E-state index in [1.807, 2.05) is 11.8 Å². The third-order valence-corrected chi connectivity index (χ3v) is 3.33. The predicted octanol–water partition coefficient (Wildman–Crippen LogP) is 3.58. The Labute approximate surface area is 94.4 Å². The minimum Gasteiger partial charge on any atom is -0.384 e. The van der Waals surface area contributed by atoms with Crippen LogP contribution in [0.2, 0.25) is 0 Å². The highest BCUT2D eigenvalue weighted by Crippen LogP contribution is 2.27. The van der Waals surface area contributed by atoms with Gasteiger partial charge in [-0.1, -0.05) is 36.4 Å². The van der Waals surface area contributed by atoms with Crippen LogP contribution in [-0.4, -0.2) is 19.5 Å². The topological polar surface area (TPSA) is 9.23 Å². The highest BCUT2D eigenvalue weighted by atomic mass is 32.2. The summed E-state index contributed by atoms with van der Waals surface area (Å²) in [6.07, 6.45) is 0. The van der Waals surface area contributed by atoms with Gasteiger partial charge in [-0.3, -0.25) is 0 Å². The Morgan fingerprint density at radius 3 is 2.73 bits per heavy atom. The molecular weight excluding hydrogens is 204 g/mol. The molecule has 2 rings (SSSR count). The number of ether oxygens (including phenoxy) is 1. The van der Waals surface area contributed by atoms with Gasteiger partial charge in [-0.2, -0.15) is 0 Å². The van der Waals surface area contributed by atoms with Gasteiger partial charge in [-0.15, -0.1) is 11.8 Å². The molecule has 0 N–H and O–H groups in total. The van der Waals surface area contributed by atoms with Crippen LogP contribution in [0.4, 0.5) is 0 Å². The van der Waals surface area contributed by atoms with Crippen LogP contribution in [0.15, 0.2) is 47.4 Å². The van der Waals surface area contributed by atoms with E-state index in [9.17, 15) is 0 Å². The molecule has 0 heterocycles. The molecule has 0 aliphatic heterocycles. The molecule has 2 heteroatoms. The molecule has 0 aromatic heterocycles. The summed E-state index contributed by atoms with van der Waals surface area (Å²) in [5.74, 6) is 1.00. The fraction of sp³-hybridized carbons (Fsp3) is 0.231. The lowest BCUT2D eigenvalue weighted by Crippen LogP contribution is -1.91. The molecule has 0 bridgehead atoms. The van der Waals surface area contributed by atoms with Gasteiger partial charge in [0.15, 0.2) is 0 Å². The zero-order valence-electron chi connectivity index (χ0n) is 8.77. The van der Waals surface area contributed by atoms with Crippen molar-refractivity contribution in [1.29, 1.82) is 0 Å². The van der Waals surface area contributed by atoms with E-state index in [1.165, 1.54) is 15.7 Å². The molecule has 15 heavy (non-hydrogen) atoms. The predicted molar refractivity (Wildman–Crippen MR) is 66.5 cm³/mol. The molecule has 2 aromatic carbocycles. The lowest BCUT2D eigenvalue weighted by Gasteiger charge is -2.05. The highest BCUT2D eigenvalue weighted by Gasteiger charge is 1.99. The maximum absolute atomic E-state index is 5.05. The van der Waals surface area contributed by atoms with Crippen LogP contribution in [-0.2, 0) is 4.74 Å². The van der Waals surface area contributed by atoms with E-state index in [1.54, 1.807) is 7.11 Å². The fourth-order valence-corrected chi connectivity index (χ4v) is 2.54. The van der Waals surface area contributed by atoms with Crippen molar-refractivity contribution in [2.45, 2.75) is 4.90 Å². The lowest BCUT2D eigenvalue weighted by molar-refractivity contribution is 0.218. The molecule has 0 radical (unpaired) electrons. The van der Waals surface area contributed by atoms with Crippen molar-refractivity contribution in [1.82, 2.24) is 0 Å². The van der Waals surface area contributed by atoms with Crippen molar-refractivity contribution in [3.8, 4) is 0 Å². The monoisotopic (exact) mass is 218 g/mol. The molecule has 78 valence electrons. The minimum absolute atomic E-state index is 0.799. The summed E-state index contributed by atoms with van der Waals surface area (Å²) in [7, 11) is 1.74. The summed E-state index contributed by atoms with van der Waals surface area (Å²) in [6, 6.07) is 14.9. The van der Waals surface area contributed by atoms with E-state index >= 15 is 0 Å². The van der Waals surface area contributed by atoms with E-state index in [0.717, 1.165) is 12.4 Å². The molecule has 0 spiro atoms. The van der Waals surface area contributed by atoms with Gasteiger partial charge >= 0.3 is 0 Å². The zero-order chi connectivity index (χ0) is 10.5. The van der Waals surface area contributed by atoms with Crippen molar-refractivity contribution >= 4 is 22.5 Å². The van der Waals surface area contributed by atoms with Crippen LogP contribution in [0.25, 0.3) is 10.8 Å². The first-order valence-electron chi connectivity index (χ1n) is 5.01. The quantitative estimate of drug-likeness (QED) is 0.573. The van der Waals surface area contributed by atoms with Crippen LogP contribution in [0.1, 0.15) is 0 Å². The molecule has 2 aromatic rings. The molecule has 0 aliphatic carbocycles. The van der Waals surface area contributed by atoms with Gasteiger partial charge < -0.3 is 4.74 Å². The Bertz CT molecular complexity index is 434. The molecule has 1 nitrogen and oxygen atoms in total. The average molecular weight is 218 g/mol. The second-order valence-corrected chi connectivity index (χ2v) is 4.46. The van der Waals surface area contributed by atoms with Gasteiger partial charge in [0.2, 0.25) is 0 Å². The minimum atomic E-state index is 0.799. The van der Waals surface area contributed by atoms with Crippen LogP contribution in [0.5, 0.6) is 0 Å². The number of hydrogen-bond acceptors (Lipinski definition) is 2.